The van der Waals surface area contributed by atoms with Gasteiger partial charge in [0.15, 0.2) is 0 Å². The van der Waals surface area contributed by atoms with Crippen molar-refractivity contribution in [3.8, 4) is 5.75 Å². The zero-order valence-electron chi connectivity index (χ0n) is 19.0. The predicted molar refractivity (Wildman–Crippen MR) is 130 cm³/mol. The molecule has 0 bridgehead atoms. The van der Waals surface area contributed by atoms with E-state index in [1.54, 1.807) is 19.4 Å². The third kappa shape index (κ3) is 5.16. The Morgan fingerprint density at radius 3 is 3.03 bits per heavy atom. The number of hydrogen-bond acceptors (Lipinski definition) is 7. The van der Waals surface area contributed by atoms with Gasteiger partial charge in [-0.05, 0) is 56.0 Å². The zero-order valence-corrected chi connectivity index (χ0v) is 19.8. The van der Waals surface area contributed by atoms with Gasteiger partial charge in [-0.1, -0.05) is 0 Å². The number of nitrogens with zero attached hydrogens (tertiary/aromatic N) is 2. The smallest absolute Gasteiger partial charge is 0.235 e. The van der Waals surface area contributed by atoms with E-state index in [0.717, 1.165) is 52.7 Å². The summed E-state index contributed by atoms with van der Waals surface area (Å²) in [5.41, 5.74) is 2.63. The molecule has 0 radical (unpaired) electrons. The van der Waals surface area contributed by atoms with Crippen LogP contribution in [0.5, 0.6) is 5.75 Å². The molecule has 7 nitrogen and oxygen atoms in total. The average Bonchev–Trinajstić information content (AvgIpc) is 2.86. The molecule has 1 saturated heterocycles. The third-order valence-corrected chi connectivity index (χ3v) is 7.36. The molecule has 2 N–H and O–H groups in total. The van der Waals surface area contributed by atoms with Crippen molar-refractivity contribution in [2.75, 3.05) is 24.8 Å². The first kappa shape index (κ1) is 23.0. The van der Waals surface area contributed by atoms with Gasteiger partial charge >= 0.3 is 0 Å². The maximum atomic E-state index is 13.9. The summed E-state index contributed by atoms with van der Waals surface area (Å²) in [4.78, 5) is 21.6. The van der Waals surface area contributed by atoms with E-state index in [2.05, 4.69) is 20.6 Å². The number of rotatable bonds is 7. The van der Waals surface area contributed by atoms with Gasteiger partial charge in [0, 0.05) is 23.5 Å². The van der Waals surface area contributed by atoms with Crippen molar-refractivity contribution in [2.45, 2.75) is 49.3 Å². The zero-order chi connectivity index (χ0) is 23.5. The first-order valence-electron chi connectivity index (χ1n) is 11.5. The molecule has 0 spiro atoms. The van der Waals surface area contributed by atoms with Crippen molar-refractivity contribution in [3.63, 3.8) is 0 Å². The second-order valence-corrected chi connectivity index (χ2v) is 9.62. The van der Waals surface area contributed by atoms with Crippen molar-refractivity contribution in [1.82, 2.24) is 15.3 Å². The van der Waals surface area contributed by atoms with Gasteiger partial charge in [-0.3, -0.25) is 9.78 Å². The van der Waals surface area contributed by atoms with Crippen LogP contribution in [0.1, 0.15) is 30.5 Å². The normalized spacial score (nSPS) is 20.1. The summed E-state index contributed by atoms with van der Waals surface area (Å²) < 4.78 is 25.5. The Morgan fingerprint density at radius 1 is 1.29 bits per heavy atom. The Kier molecular flexibility index (Phi) is 6.94. The molecular formula is C25H27FN4O3S. The molecule has 5 rings (SSSR count). The highest BCUT2D eigenvalue weighted by molar-refractivity contribution is 8.00. The van der Waals surface area contributed by atoms with Gasteiger partial charge in [0.2, 0.25) is 5.91 Å². The summed E-state index contributed by atoms with van der Waals surface area (Å²) in [6.45, 7) is 1.25. The molecule has 178 valence electrons. The molecule has 0 saturated carbocycles. The number of ether oxygens (including phenoxy) is 2. The van der Waals surface area contributed by atoms with Crippen LogP contribution < -0.4 is 15.4 Å². The molecule has 9 heteroatoms. The van der Waals surface area contributed by atoms with E-state index in [0.29, 0.717) is 30.5 Å². The molecule has 1 amide bonds. The number of pyridine rings is 2. The number of carbonyl (C=O) groups is 1. The summed E-state index contributed by atoms with van der Waals surface area (Å²) in [5.74, 6) is 1.49. The van der Waals surface area contributed by atoms with Crippen molar-refractivity contribution in [1.29, 1.82) is 0 Å². The van der Waals surface area contributed by atoms with E-state index in [4.69, 9.17) is 9.47 Å². The predicted octanol–water partition coefficient (Wildman–Crippen LogP) is 4.09. The van der Waals surface area contributed by atoms with Gasteiger partial charge in [-0.2, -0.15) is 0 Å². The van der Waals surface area contributed by atoms with Gasteiger partial charge in [0.05, 0.1) is 47.9 Å². The van der Waals surface area contributed by atoms with E-state index in [1.165, 1.54) is 23.9 Å². The first-order valence-corrected chi connectivity index (χ1v) is 12.5. The van der Waals surface area contributed by atoms with Crippen LogP contribution in [-0.4, -0.2) is 47.5 Å². The van der Waals surface area contributed by atoms with Crippen LogP contribution in [0.25, 0.3) is 10.9 Å². The second-order valence-electron chi connectivity index (χ2n) is 8.60. The minimum absolute atomic E-state index is 0.00986. The molecule has 1 fully saturated rings. The topological polar surface area (TPSA) is 85.4 Å². The summed E-state index contributed by atoms with van der Waals surface area (Å²) in [5, 5.41) is 7.15. The molecule has 4 heterocycles. The Morgan fingerprint density at radius 2 is 2.21 bits per heavy atom. The summed E-state index contributed by atoms with van der Waals surface area (Å²) in [7, 11) is 1.61. The number of methoxy groups -OCH3 is 1. The lowest BCUT2D eigenvalue weighted by Gasteiger charge is -2.30. The fraction of sp³-hybridized carbons (Fsp3) is 0.400. The van der Waals surface area contributed by atoms with E-state index in [9.17, 15) is 9.18 Å². The van der Waals surface area contributed by atoms with Crippen LogP contribution in [-0.2, 0) is 22.5 Å². The largest absolute Gasteiger partial charge is 0.495 e. The summed E-state index contributed by atoms with van der Waals surface area (Å²) in [6.07, 6.45) is 5.37. The number of hydrogen-bond donors (Lipinski definition) is 2. The van der Waals surface area contributed by atoms with Gasteiger partial charge < -0.3 is 20.1 Å². The van der Waals surface area contributed by atoms with Crippen molar-refractivity contribution < 1.29 is 18.7 Å². The molecule has 2 aromatic heterocycles. The van der Waals surface area contributed by atoms with Gasteiger partial charge in [-0.15, -0.1) is 11.8 Å². The highest BCUT2D eigenvalue weighted by Crippen LogP contribution is 2.31. The lowest BCUT2D eigenvalue weighted by atomic mass is 9.97. The fourth-order valence-corrected chi connectivity index (χ4v) is 5.24. The van der Waals surface area contributed by atoms with Gasteiger partial charge in [-0.25, -0.2) is 9.37 Å². The molecule has 2 aliphatic rings. The molecule has 2 aliphatic heterocycles. The Balaban J connectivity index is 1.14. The lowest BCUT2D eigenvalue weighted by Crippen LogP contribution is -2.39. The number of amides is 1. The second kappa shape index (κ2) is 10.2. The SMILES string of the molecule is COc1cnc2ccc(F)cc2c1CC[C@H]1CC[C@@H](NCc2ccc3c(n2)NC(=O)CS3)CO1. The van der Waals surface area contributed by atoms with Crippen LogP contribution in [0.4, 0.5) is 10.2 Å². The highest BCUT2D eigenvalue weighted by atomic mass is 32.2. The molecule has 2 atom stereocenters. The quantitative estimate of drug-likeness (QED) is 0.525. The van der Waals surface area contributed by atoms with E-state index < -0.39 is 0 Å². The lowest BCUT2D eigenvalue weighted by molar-refractivity contribution is -0.113. The van der Waals surface area contributed by atoms with Crippen LogP contribution in [0.3, 0.4) is 0 Å². The summed E-state index contributed by atoms with van der Waals surface area (Å²) >= 11 is 1.51. The maximum Gasteiger partial charge on any atom is 0.235 e. The number of aromatic nitrogens is 2. The fourth-order valence-electron chi connectivity index (χ4n) is 4.49. The van der Waals surface area contributed by atoms with E-state index in [-0.39, 0.29) is 23.9 Å². The number of halogens is 1. The third-order valence-electron chi connectivity index (χ3n) is 6.31. The summed E-state index contributed by atoms with van der Waals surface area (Å²) in [6, 6.07) is 8.92. The van der Waals surface area contributed by atoms with Crippen LogP contribution in [0.2, 0.25) is 0 Å². The van der Waals surface area contributed by atoms with Gasteiger partial charge in [0.1, 0.15) is 17.4 Å². The van der Waals surface area contributed by atoms with E-state index in [1.807, 2.05) is 12.1 Å². The highest BCUT2D eigenvalue weighted by Gasteiger charge is 2.23. The van der Waals surface area contributed by atoms with E-state index >= 15 is 0 Å². The number of nitrogens with one attached hydrogen (secondary N) is 2. The van der Waals surface area contributed by atoms with Crippen LogP contribution in [0, 0.1) is 5.82 Å². The average molecular weight is 483 g/mol. The Hall–Kier alpha value is -2.75. The van der Waals surface area contributed by atoms with Crippen molar-refractivity contribution in [3.05, 3.63) is 53.6 Å². The number of anilines is 1. The number of aryl methyl sites for hydroxylation is 1. The molecular weight excluding hydrogens is 455 g/mol. The first-order chi connectivity index (χ1) is 16.6. The number of carbonyl (C=O) groups excluding carboxylic acids is 1. The maximum absolute atomic E-state index is 13.9. The van der Waals surface area contributed by atoms with Crippen LogP contribution in [0.15, 0.2) is 41.4 Å². The monoisotopic (exact) mass is 482 g/mol. The van der Waals surface area contributed by atoms with Crippen molar-refractivity contribution >= 4 is 34.4 Å². The molecule has 1 aromatic carbocycles. The molecule has 0 aliphatic carbocycles. The Labute approximate surface area is 201 Å². The minimum atomic E-state index is -0.277. The standard InChI is InChI=1S/C25H27FN4O3S/c1-32-22-12-28-21-8-2-15(26)10-20(21)19(22)7-6-18-5-3-17(13-33-18)27-11-16-4-9-23-25(29-16)30-24(31)14-34-23/h2,4,8-10,12,17-18,27H,3,5-7,11,13-14H2,1H3,(H,29,30,31)/t17-,18-/m1/s1. The molecule has 34 heavy (non-hydrogen) atoms. The van der Waals surface area contributed by atoms with Crippen molar-refractivity contribution in [2.24, 2.45) is 0 Å². The minimum Gasteiger partial charge on any atom is -0.495 e. The molecule has 3 aromatic rings. The number of thioether (sulfide) groups is 1. The van der Waals surface area contributed by atoms with Gasteiger partial charge in [0.25, 0.3) is 0 Å². The number of benzene rings is 1. The Bertz CT molecular complexity index is 1200. The van der Waals surface area contributed by atoms with Crippen LogP contribution >= 0.6 is 11.8 Å². The number of fused-ring (bicyclic) bond motifs is 2. The molecule has 0 unspecified atom stereocenters.